The molecule has 0 bridgehead atoms. The molecule has 0 atom stereocenters. The third-order valence-electron chi connectivity index (χ3n) is 2.17. The summed E-state index contributed by atoms with van der Waals surface area (Å²) in [7, 11) is 0. The third kappa shape index (κ3) is 3.96. The van der Waals surface area contributed by atoms with Gasteiger partial charge in [0.05, 0.1) is 12.8 Å². The standard InChI is InChI=1S/C12H11Cl2N3O2/c13-10-7-15-12(14)17-11(10)16-8-2-1-3-9(6-8)19-5-4-18/h1-3,6-7,18H,4-5H2,(H,15,16,17). The van der Waals surface area contributed by atoms with Gasteiger partial charge in [-0.3, -0.25) is 0 Å². The van der Waals surface area contributed by atoms with Gasteiger partial charge in [0.1, 0.15) is 17.4 Å². The first-order valence-electron chi connectivity index (χ1n) is 5.48. The normalized spacial score (nSPS) is 10.3. The SMILES string of the molecule is OCCOc1cccc(Nc2nc(Cl)ncc2Cl)c1. The van der Waals surface area contributed by atoms with E-state index < -0.39 is 0 Å². The van der Waals surface area contributed by atoms with Crippen molar-refractivity contribution in [2.75, 3.05) is 18.5 Å². The van der Waals surface area contributed by atoms with Gasteiger partial charge >= 0.3 is 0 Å². The molecule has 0 radical (unpaired) electrons. The minimum Gasteiger partial charge on any atom is -0.491 e. The summed E-state index contributed by atoms with van der Waals surface area (Å²) in [6.07, 6.45) is 1.42. The predicted octanol–water partition coefficient (Wildman–Crippen LogP) is 2.90. The summed E-state index contributed by atoms with van der Waals surface area (Å²) >= 11 is 11.7. The largest absolute Gasteiger partial charge is 0.491 e. The lowest BCUT2D eigenvalue weighted by Crippen LogP contribution is -2.02. The highest BCUT2D eigenvalue weighted by molar-refractivity contribution is 6.33. The lowest BCUT2D eigenvalue weighted by Gasteiger charge is -2.09. The molecule has 2 N–H and O–H groups in total. The lowest BCUT2D eigenvalue weighted by atomic mass is 10.3. The molecule has 5 nitrogen and oxygen atoms in total. The van der Waals surface area contributed by atoms with E-state index in [1.807, 2.05) is 12.1 Å². The van der Waals surface area contributed by atoms with Gasteiger partial charge in [0.15, 0.2) is 5.82 Å². The molecule has 0 aliphatic heterocycles. The Morgan fingerprint density at radius 1 is 1.32 bits per heavy atom. The zero-order valence-electron chi connectivity index (χ0n) is 9.81. The molecule has 2 rings (SSSR count). The summed E-state index contributed by atoms with van der Waals surface area (Å²) in [5, 5.41) is 12.2. The number of nitrogens with one attached hydrogen (secondary N) is 1. The first-order chi connectivity index (χ1) is 9.19. The number of aromatic nitrogens is 2. The van der Waals surface area contributed by atoms with Crippen LogP contribution < -0.4 is 10.1 Å². The van der Waals surface area contributed by atoms with Crippen molar-refractivity contribution >= 4 is 34.7 Å². The Morgan fingerprint density at radius 2 is 2.16 bits per heavy atom. The predicted molar refractivity (Wildman–Crippen MR) is 74.4 cm³/mol. The number of rotatable bonds is 5. The highest BCUT2D eigenvalue weighted by atomic mass is 35.5. The van der Waals surface area contributed by atoms with Crippen LogP contribution in [0.2, 0.25) is 10.3 Å². The van der Waals surface area contributed by atoms with Gasteiger partial charge in [-0.15, -0.1) is 0 Å². The summed E-state index contributed by atoms with van der Waals surface area (Å²) in [6.45, 7) is 0.203. The molecule has 0 amide bonds. The number of anilines is 2. The fraction of sp³-hybridized carbons (Fsp3) is 0.167. The Hall–Kier alpha value is -1.56. The van der Waals surface area contributed by atoms with E-state index in [1.54, 1.807) is 12.1 Å². The van der Waals surface area contributed by atoms with Crippen LogP contribution >= 0.6 is 23.2 Å². The van der Waals surface area contributed by atoms with Crippen LogP contribution in [0.1, 0.15) is 0 Å². The molecule has 0 aliphatic carbocycles. The minimum atomic E-state index is -0.0367. The van der Waals surface area contributed by atoms with Crippen molar-refractivity contribution in [1.82, 2.24) is 9.97 Å². The van der Waals surface area contributed by atoms with Crippen LogP contribution in [-0.2, 0) is 0 Å². The van der Waals surface area contributed by atoms with Crippen molar-refractivity contribution in [2.45, 2.75) is 0 Å². The second-order valence-corrected chi connectivity index (χ2v) is 4.31. The Labute approximate surface area is 120 Å². The molecule has 0 saturated heterocycles. The number of aliphatic hydroxyl groups excluding tert-OH is 1. The van der Waals surface area contributed by atoms with Crippen molar-refractivity contribution in [1.29, 1.82) is 0 Å². The maximum Gasteiger partial charge on any atom is 0.224 e. The second kappa shape index (κ2) is 6.56. The van der Waals surface area contributed by atoms with Crippen LogP contribution in [0.15, 0.2) is 30.5 Å². The van der Waals surface area contributed by atoms with Crippen molar-refractivity contribution in [3.8, 4) is 5.75 Å². The third-order valence-corrected chi connectivity index (χ3v) is 2.63. The number of aliphatic hydroxyl groups is 1. The van der Waals surface area contributed by atoms with Gasteiger partial charge in [-0.05, 0) is 23.7 Å². The van der Waals surface area contributed by atoms with E-state index in [9.17, 15) is 0 Å². The van der Waals surface area contributed by atoms with Gasteiger partial charge in [-0.2, -0.15) is 4.98 Å². The van der Waals surface area contributed by atoms with Gasteiger partial charge in [0.2, 0.25) is 5.28 Å². The van der Waals surface area contributed by atoms with E-state index in [2.05, 4.69) is 15.3 Å². The number of benzene rings is 1. The first kappa shape index (κ1) is 13.9. The van der Waals surface area contributed by atoms with Crippen molar-refractivity contribution in [3.63, 3.8) is 0 Å². The van der Waals surface area contributed by atoms with E-state index in [-0.39, 0.29) is 18.5 Å². The Morgan fingerprint density at radius 3 is 2.95 bits per heavy atom. The zero-order valence-corrected chi connectivity index (χ0v) is 11.3. The molecule has 1 aromatic carbocycles. The maximum absolute atomic E-state index is 8.71. The zero-order chi connectivity index (χ0) is 13.7. The molecule has 100 valence electrons. The molecular weight excluding hydrogens is 289 g/mol. The van der Waals surface area contributed by atoms with E-state index >= 15 is 0 Å². The Balaban J connectivity index is 2.16. The molecule has 1 heterocycles. The second-order valence-electron chi connectivity index (χ2n) is 3.56. The molecule has 0 spiro atoms. The molecule has 0 unspecified atom stereocenters. The fourth-order valence-electron chi connectivity index (χ4n) is 1.40. The molecule has 0 saturated carbocycles. The Bertz CT molecular complexity index is 566. The van der Waals surface area contributed by atoms with E-state index in [1.165, 1.54) is 6.20 Å². The number of hydrogen-bond donors (Lipinski definition) is 2. The smallest absolute Gasteiger partial charge is 0.224 e. The van der Waals surface area contributed by atoms with Gasteiger partial charge in [-0.1, -0.05) is 17.7 Å². The fourth-order valence-corrected chi connectivity index (χ4v) is 1.67. The molecule has 19 heavy (non-hydrogen) atoms. The van der Waals surface area contributed by atoms with Crippen LogP contribution in [0, 0.1) is 0 Å². The number of nitrogens with zero attached hydrogens (tertiary/aromatic N) is 2. The van der Waals surface area contributed by atoms with Gasteiger partial charge in [0, 0.05) is 11.8 Å². The average molecular weight is 300 g/mol. The molecule has 7 heteroatoms. The monoisotopic (exact) mass is 299 g/mol. The van der Waals surface area contributed by atoms with Crippen molar-refractivity contribution in [3.05, 3.63) is 40.8 Å². The van der Waals surface area contributed by atoms with Gasteiger partial charge in [-0.25, -0.2) is 4.98 Å². The quantitative estimate of drug-likeness (QED) is 0.831. The summed E-state index contributed by atoms with van der Waals surface area (Å²) in [4.78, 5) is 7.76. The summed E-state index contributed by atoms with van der Waals surface area (Å²) < 4.78 is 5.31. The first-order valence-corrected chi connectivity index (χ1v) is 6.23. The van der Waals surface area contributed by atoms with Crippen LogP contribution in [0.25, 0.3) is 0 Å². The number of hydrogen-bond acceptors (Lipinski definition) is 5. The molecule has 1 aromatic heterocycles. The van der Waals surface area contributed by atoms with Crippen LogP contribution in [-0.4, -0.2) is 28.3 Å². The molecule has 2 aromatic rings. The van der Waals surface area contributed by atoms with Gasteiger partial charge < -0.3 is 15.2 Å². The van der Waals surface area contributed by atoms with Crippen molar-refractivity contribution < 1.29 is 9.84 Å². The summed E-state index contributed by atoms with van der Waals surface area (Å²) in [5.74, 6) is 1.05. The van der Waals surface area contributed by atoms with Crippen LogP contribution in [0.5, 0.6) is 5.75 Å². The van der Waals surface area contributed by atoms with Crippen LogP contribution in [0.4, 0.5) is 11.5 Å². The summed E-state index contributed by atoms with van der Waals surface area (Å²) in [5.41, 5.74) is 0.743. The van der Waals surface area contributed by atoms with E-state index in [0.717, 1.165) is 5.69 Å². The minimum absolute atomic E-state index is 0.0367. The van der Waals surface area contributed by atoms with Crippen LogP contribution in [0.3, 0.4) is 0 Å². The lowest BCUT2D eigenvalue weighted by molar-refractivity contribution is 0.201. The van der Waals surface area contributed by atoms with E-state index in [4.69, 9.17) is 33.0 Å². The van der Waals surface area contributed by atoms with Crippen molar-refractivity contribution in [2.24, 2.45) is 0 Å². The molecule has 0 aliphatic rings. The number of ether oxygens (including phenoxy) is 1. The highest BCUT2D eigenvalue weighted by Crippen LogP contribution is 2.25. The van der Waals surface area contributed by atoms with E-state index in [0.29, 0.717) is 16.6 Å². The average Bonchev–Trinajstić information content (AvgIpc) is 2.41. The summed E-state index contributed by atoms with van der Waals surface area (Å²) in [6, 6.07) is 7.20. The topological polar surface area (TPSA) is 67.3 Å². The maximum atomic E-state index is 8.71. The van der Waals surface area contributed by atoms with Gasteiger partial charge in [0.25, 0.3) is 0 Å². The Kier molecular flexibility index (Phi) is 4.79. The highest BCUT2D eigenvalue weighted by Gasteiger charge is 2.05. The molecule has 0 fully saturated rings. The number of halogens is 2. The molecular formula is C12H11Cl2N3O2.